The lowest BCUT2D eigenvalue weighted by molar-refractivity contribution is 0.0725. The Hall–Kier alpha value is -5.10. The van der Waals surface area contributed by atoms with Gasteiger partial charge in [-0.1, -0.05) is 13.0 Å². The molecule has 4 N–H and O–H groups in total. The number of carbonyl (C=O) groups excluding carboxylic acids is 1. The second kappa shape index (κ2) is 10.3. The van der Waals surface area contributed by atoms with E-state index in [2.05, 4.69) is 41.6 Å². The molecule has 2 aromatic carbocycles. The fourth-order valence-corrected chi connectivity index (χ4v) is 6.50. The highest BCUT2D eigenvalue weighted by atomic mass is 19.1. The van der Waals surface area contributed by atoms with E-state index in [4.69, 9.17) is 4.98 Å². The third-order valence-corrected chi connectivity index (χ3v) is 8.91. The van der Waals surface area contributed by atoms with Gasteiger partial charge in [0.1, 0.15) is 11.4 Å². The third kappa shape index (κ3) is 4.41. The summed E-state index contributed by atoms with van der Waals surface area (Å²) in [5.74, 6) is 0.724. The number of fused-ring (bicyclic) bond motifs is 3. The quantitative estimate of drug-likeness (QED) is 0.241. The Morgan fingerprint density at radius 3 is 2.91 bits per heavy atom. The Morgan fingerprint density at radius 2 is 2.09 bits per heavy atom. The molecule has 5 aromatic rings. The van der Waals surface area contributed by atoms with Gasteiger partial charge in [-0.15, -0.1) is 0 Å². The van der Waals surface area contributed by atoms with E-state index in [1.807, 2.05) is 25.1 Å². The molecule has 12 heteroatoms. The molecule has 1 atom stereocenters. The van der Waals surface area contributed by atoms with E-state index < -0.39 is 5.82 Å². The standard InChI is InChI=1S/C32H30FN9O2/c1-2-17-8-28(43)23(33)9-22(17)18-3-4-21-25(7-18)39-40-30(21)31-37-24-5-6-41(16-27(24)38-31)32(44)26-12-36-29(13-35-26)42-14-19-10-34-11-20(19)15-42/h3-4,7-9,12-14,20,34,43H,2,5-6,10-11,15-16H2,1H3,(H,37,38)(H,39,40)/t20-/m1/s1. The number of amides is 1. The molecule has 8 rings (SSSR count). The molecule has 1 saturated heterocycles. The lowest BCUT2D eigenvalue weighted by Gasteiger charge is -2.26. The van der Waals surface area contributed by atoms with Crippen molar-refractivity contribution in [3.63, 3.8) is 0 Å². The molecule has 0 aliphatic carbocycles. The van der Waals surface area contributed by atoms with Crippen molar-refractivity contribution >= 4 is 22.6 Å². The number of halogens is 1. The summed E-state index contributed by atoms with van der Waals surface area (Å²) in [5, 5.41) is 21.7. The second-order valence-electron chi connectivity index (χ2n) is 11.6. The van der Waals surface area contributed by atoms with Crippen LogP contribution in [0, 0.1) is 11.7 Å². The van der Waals surface area contributed by atoms with E-state index in [1.165, 1.54) is 17.7 Å². The number of aryl methyl sites for hydroxylation is 1. The van der Waals surface area contributed by atoms with Crippen molar-refractivity contribution in [3.8, 4) is 28.4 Å². The minimum atomic E-state index is -0.653. The van der Waals surface area contributed by atoms with Crippen molar-refractivity contribution in [2.24, 2.45) is 5.92 Å². The summed E-state index contributed by atoms with van der Waals surface area (Å²) < 4.78 is 14.2. The number of nitrogens with zero attached hydrogens (tertiary/aromatic N) is 6. The van der Waals surface area contributed by atoms with Crippen LogP contribution in [0.1, 0.15) is 34.4 Å². The van der Waals surface area contributed by atoms with Crippen molar-refractivity contribution in [3.05, 3.63) is 83.0 Å². The molecule has 0 bridgehead atoms. The van der Waals surface area contributed by atoms with Gasteiger partial charge >= 0.3 is 0 Å². The van der Waals surface area contributed by atoms with Gasteiger partial charge in [-0.25, -0.2) is 19.3 Å². The Bertz CT molecular complexity index is 1960. The van der Waals surface area contributed by atoms with Gasteiger partial charge in [0.25, 0.3) is 5.91 Å². The number of phenolic OH excluding ortho intramolecular Hbond substituents is 1. The Balaban J connectivity index is 1.00. The average Bonchev–Trinajstić information content (AvgIpc) is 3.84. The number of aromatic amines is 2. The number of H-pyrrole nitrogens is 2. The minimum Gasteiger partial charge on any atom is -0.505 e. The number of aromatic nitrogens is 6. The molecule has 3 aromatic heterocycles. The van der Waals surface area contributed by atoms with Crippen LogP contribution in [-0.2, 0) is 19.4 Å². The Labute approximate surface area is 251 Å². The molecule has 3 aliphatic heterocycles. The predicted octanol–water partition coefficient (Wildman–Crippen LogP) is 3.94. The van der Waals surface area contributed by atoms with Crippen molar-refractivity contribution in [2.45, 2.75) is 26.3 Å². The molecule has 1 amide bonds. The van der Waals surface area contributed by atoms with E-state index in [1.54, 1.807) is 17.3 Å². The third-order valence-electron chi connectivity index (χ3n) is 8.91. The van der Waals surface area contributed by atoms with Gasteiger partial charge in [-0.2, -0.15) is 5.10 Å². The number of nitrogens with one attached hydrogen (secondary N) is 3. The molecule has 6 heterocycles. The number of benzene rings is 2. The summed E-state index contributed by atoms with van der Waals surface area (Å²) in [4.78, 5) is 34.4. The van der Waals surface area contributed by atoms with E-state index in [0.717, 1.165) is 64.4 Å². The van der Waals surface area contributed by atoms with E-state index in [0.29, 0.717) is 49.1 Å². The number of phenols is 1. The molecule has 11 nitrogen and oxygen atoms in total. The number of imidazole rings is 1. The molecule has 0 saturated carbocycles. The van der Waals surface area contributed by atoms with Gasteiger partial charge in [0.05, 0.1) is 35.8 Å². The molecule has 3 aliphatic rings. The van der Waals surface area contributed by atoms with Crippen molar-refractivity contribution < 1.29 is 14.3 Å². The lowest BCUT2D eigenvalue weighted by atomic mass is 9.96. The van der Waals surface area contributed by atoms with Crippen LogP contribution in [0.4, 0.5) is 10.2 Å². The first kappa shape index (κ1) is 26.5. The van der Waals surface area contributed by atoms with Gasteiger partial charge in [-0.05, 0) is 52.9 Å². The molecule has 0 radical (unpaired) electrons. The first-order valence-electron chi connectivity index (χ1n) is 14.8. The summed E-state index contributed by atoms with van der Waals surface area (Å²) in [5.41, 5.74) is 7.35. The van der Waals surface area contributed by atoms with E-state index >= 15 is 0 Å². The molecule has 0 unspecified atom stereocenters. The predicted molar refractivity (Wildman–Crippen MR) is 162 cm³/mol. The van der Waals surface area contributed by atoms with Gasteiger partial charge in [0.15, 0.2) is 23.2 Å². The second-order valence-corrected chi connectivity index (χ2v) is 11.6. The van der Waals surface area contributed by atoms with Gasteiger partial charge < -0.3 is 25.2 Å². The Morgan fingerprint density at radius 1 is 1.18 bits per heavy atom. The lowest BCUT2D eigenvalue weighted by Crippen LogP contribution is -2.36. The van der Waals surface area contributed by atoms with Crippen LogP contribution >= 0.6 is 0 Å². The molecular formula is C32H30FN9O2. The maximum absolute atomic E-state index is 14.2. The van der Waals surface area contributed by atoms with Crippen LogP contribution in [0.15, 0.2) is 54.5 Å². The van der Waals surface area contributed by atoms with Gasteiger partial charge in [0, 0.05) is 50.1 Å². The van der Waals surface area contributed by atoms with E-state index in [9.17, 15) is 14.3 Å². The van der Waals surface area contributed by atoms with Crippen LogP contribution in [0.3, 0.4) is 0 Å². The smallest absolute Gasteiger partial charge is 0.274 e. The van der Waals surface area contributed by atoms with Crippen molar-refractivity contribution in [2.75, 3.05) is 31.1 Å². The highest BCUT2D eigenvalue weighted by Gasteiger charge is 2.30. The van der Waals surface area contributed by atoms with Crippen LogP contribution in [0.2, 0.25) is 0 Å². The number of hydrogen-bond donors (Lipinski definition) is 4. The van der Waals surface area contributed by atoms with Crippen LogP contribution in [-0.4, -0.2) is 72.2 Å². The topological polar surface area (TPSA) is 139 Å². The number of aromatic hydroxyl groups is 1. The van der Waals surface area contributed by atoms with Crippen molar-refractivity contribution in [1.82, 2.24) is 40.3 Å². The van der Waals surface area contributed by atoms with Gasteiger partial charge in [0.2, 0.25) is 0 Å². The average molecular weight is 592 g/mol. The zero-order valence-electron chi connectivity index (χ0n) is 24.1. The summed E-state index contributed by atoms with van der Waals surface area (Å²) in [6.45, 7) is 5.66. The minimum absolute atomic E-state index is 0.165. The first-order valence-corrected chi connectivity index (χ1v) is 14.8. The number of hydrogen-bond acceptors (Lipinski definition) is 8. The normalized spacial score (nSPS) is 17.7. The Kier molecular flexibility index (Phi) is 6.19. The number of rotatable bonds is 5. The molecular weight excluding hydrogens is 561 g/mol. The first-order chi connectivity index (χ1) is 21.4. The number of anilines is 1. The fraction of sp³-hybridized carbons (Fsp3) is 0.281. The fourth-order valence-electron chi connectivity index (χ4n) is 6.50. The molecule has 222 valence electrons. The van der Waals surface area contributed by atoms with Gasteiger partial charge in [-0.3, -0.25) is 9.89 Å². The van der Waals surface area contributed by atoms with Crippen LogP contribution in [0.5, 0.6) is 5.75 Å². The summed E-state index contributed by atoms with van der Waals surface area (Å²) in [7, 11) is 0. The maximum atomic E-state index is 14.2. The zero-order valence-corrected chi connectivity index (χ0v) is 24.1. The molecule has 1 fully saturated rings. The maximum Gasteiger partial charge on any atom is 0.274 e. The van der Waals surface area contributed by atoms with Crippen LogP contribution < -0.4 is 10.2 Å². The largest absolute Gasteiger partial charge is 0.505 e. The van der Waals surface area contributed by atoms with Crippen LogP contribution in [0.25, 0.3) is 33.5 Å². The number of carbonyl (C=O) groups is 1. The zero-order chi connectivity index (χ0) is 29.9. The summed E-state index contributed by atoms with van der Waals surface area (Å²) >= 11 is 0. The monoisotopic (exact) mass is 591 g/mol. The van der Waals surface area contributed by atoms with Crippen molar-refractivity contribution in [1.29, 1.82) is 0 Å². The summed E-state index contributed by atoms with van der Waals surface area (Å²) in [6, 6.07) is 8.63. The highest BCUT2D eigenvalue weighted by molar-refractivity contribution is 5.94. The van der Waals surface area contributed by atoms with E-state index in [-0.39, 0.29) is 11.7 Å². The molecule has 44 heavy (non-hydrogen) atoms. The molecule has 0 spiro atoms. The highest BCUT2D eigenvalue weighted by Crippen LogP contribution is 2.34. The summed E-state index contributed by atoms with van der Waals surface area (Å²) in [6.07, 6.45) is 6.64. The SMILES string of the molecule is CCc1cc(O)c(F)cc1-c1ccc2c(-c3nc4c([nH]3)CN(C(=O)c3cnc(N5C=C6CNC[C@@H]6C5)cn3)CC4)n[nH]c2c1.